The second kappa shape index (κ2) is 11.5. The second-order valence-electron chi connectivity index (χ2n) is 9.97. The predicted molar refractivity (Wildman–Crippen MR) is 156 cm³/mol. The van der Waals surface area contributed by atoms with E-state index < -0.39 is 23.4 Å². The molecule has 210 valence electrons. The number of aromatic amines is 1. The van der Waals surface area contributed by atoms with E-state index in [1.807, 2.05) is 19.9 Å². The lowest BCUT2D eigenvalue weighted by Gasteiger charge is -2.30. The highest BCUT2D eigenvalue weighted by atomic mass is 16.5. The number of ether oxygens (including phenoxy) is 1. The summed E-state index contributed by atoms with van der Waals surface area (Å²) in [5.41, 5.74) is 1.97. The highest BCUT2D eigenvalue weighted by Crippen LogP contribution is 2.25. The second-order valence-corrected chi connectivity index (χ2v) is 9.97. The van der Waals surface area contributed by atoms with Crippen LogP contribution in [0.25, 0.3) is 11.0 Å². The van der Waals surface area contributed by atoms with Gasteiger partial charge in [-0.1, -0.05) is 30.3 Å². The third kappa shape index (κ3) is 5.49. The Morgan fingerprint density at radius 2 is 1.59 bits per heavy atom. The molecule has 41 heavy (non-hydrogen) atoms. The fourth-order valence-electron chi connectivity index (χ4n) is 5.02. The number of imidazole rings is 1. The monoisotopic (exact) mass is 553 g/mol. The molecule has 0 spiro atoms. The number of anilines is 2. The lowest BCUT2D eigenvalue weighted by molar-refractivity contribution is -0.141. The zero-order valence-electron chi connectivity index (χ0n) is 23.1. The van der Waals surface area contributed by atoms with Crippen molar-refractivity contribution in [1.82, 2.24) is 14.5 Å². The first-order chi connectivity index (χ1) is 19.8. The van der Waals surface area contributed by atoms with Gasteiger partial charge in [-0.3, -0.25) is 23.9 Å². The largest absolute Gasteiger partial charge is 0.497 e. The smallest absolute Gasteiger partial charge is 0.326 e. The maximum absolute atomic E-state index is 14.0. The van der Waals surface area contributed by atoms with E-state index >= 15 is 0 Å². The molecule has 2 heterocycles. The zero-order valence-corrected chi connectivity index (χ0v) is 23.1. The van der Waals surface area contributed by atoms with Crippen LogP contribution in [0.3, 0.4) is 0 Å². The molecule has 0 bridgehead atoms. The number of nitrogens with zero attached hydrogens (tertiary/aromatic N) is 4. The van der Waals surface area contributed by atoms with Gasteiger partial charge in [0, 0.05) is 36.4 Å². The molecular weight excluding hydrogens is 522 g/mol. The summed E-state index contributed by atoms with van der Waals surface area (Å²) in [6.07, 6.45) is 2.95. The van der Waals surface area contributed by atoms with Crippen molar-refractivity contribution in [2.45, 2.75) is 26.4 Å². The molecular formula is C31H31N5O5. The van der Waals surface area contributed by atoms with Crippen LogP contribution in [0, 0.1) is 5.92 Å². The van der Waals surface area contributed by atoms with Crippen LogP contribution in [0.2, 0.25) is 0 Å². The maximum Gasteiger partial charge on any atom is 0.326 e. The van der Waals surface area contributed by atoms with Crippen LogP contribution in [0.1, 0.15) is 13.8 Å². The van der Waals surface area contributed by atoms with Gasteiger partial charge >= 0.3 is 5.69 Å². The number of methoxy groups -OCH3 is 1. The topological polar surface area (TPSA) is 108 Å². The first-order valence-corrected chi connectivity index (χ1v) is 13.3. The highest BCUT2D eigenvalue weighted by molar-refractivity contribution is 6.11. The molecule has 0 fully saturated rings. The zero-order chi connectivity index (χ0) is 29.1. The Balaban J connectivity index is 1.50. The normalized spacial score (nSPS) is 15.5. The lowest BCUT2D eigenvalue weighted by atomic mass is 10.1. The number of benzene rings is 3. The molecule has 10 nitrogen and oxygen atoms in total. The van der Waals surface area contributed by atoms with Gasteiger partial charge < -0.3 is 19.5 Å². The Kier molecular flexibility index (Phi) is 7.73. The van der Waals surface area contributed by atoms with E-state index in [9.17, 15) is 19.2 Å². The average Bonchev–Trinajstić information content (AvgIpc) is 3.24. The Morgan fingerprint density at radius 3 is 2.27 bits per heavy atom. The van der Waals surface area contributed by atoms with E-state index in [0.29, 0.717) is 28.2 Å². The minimum Gasteiger partial charge on any atom is -0.497 e. The van der Waals surface area contributed by atoms with Crippen molar-refractivity contribution in [3.63, 3.8) is 0 Å². The minimum atomic E-state index is -1.26. The molecule has 0 aliphatic carbocycles. The fourth-order valence-corrected chi connectivity index (χ4v) is 5.02. The van der Waals surface area contributed by atoms with E-state index in [1.54, 1.807) is 84.8 Å². The standard InChI is InChI=1S/C31H31N5O5/c1-21(2)36(23-13-15-24(41-3)16-14-23)28(37)20-33-17-18-34(22-9-5-4-6-10-22)30(39)25(29(33)38)19-35-27-12-8-7-11-26(27)32-31(35)40/h4-18,21,25H,19-20H2,1-3H3,(H,32,40). The molecule has 5 rings (SSSR count). The summed E-state index contributed by atoms with van der Waals surface area (Å²) in [6.45, 7) is 3.28. The van der Waals surface area contributed by atoms with Crippen molar-refractivity contribution in [2.75, 3.05) is 23.5 Å². The van der Waals surface area contributed by atoms with Gasteiger partial charge in [-0.05, 0) is 62.4 Å². The highest BCUT2D eigenvalue weighted by Gasteiger charge is 2.38. The van der Waals surface area contributed by atoms with Crippen LogP contribution in [0.15, 0.2) is 96.1 Å². The third-order valence-electron chi connectivity index (χ3n) is 7.03. The molecule has 0 saturated carbocycles. The Labute approximate surface area is 237 Å². The number of nitrogens with one attached hydrogen (secondary N) is 1. The van der Waals surface area contributed by atoms with Gasteiger partial charge in [0.2, 0.25) is 17.7 Å². The van der Waals surface area contributed by atoms with Crippen LogP contribution in [-0.2, 0) is 20.9 Å². The van der Waals surface area contributed by atoms with Crippen LogP contribution >= 0.6 is 0 Å². The number of hydrogen-bond acceptors (Lipinski definition) is 5. The third-order valence-corrected chi connectivity index (χ3v) is 7.03. The van der Waals surface area contributed by atoms with Gasteiger partial charge in [-0.2, -0.15) is 0 Å². The molecule has 1 aliphatic heterocycles. The van der Waals surface area contributed by atoms with Crippen molar-refractivity contribution in [3.05, 3.63) is 102 Å². The van der Waals surface area contributed by atoms with E-state index in [0.717, 1.165) is 0 Å². The summed E-state index contributed by atoms with van der Waals surface area (Å²) in [6, 6.07) is 22.9. The SMILES string of the molecule is COc1ccc(N(C(=O)CN2C=CN(c3ccccc3)C(=O)C(Cn3c(=O)[nH]c4ccccc43)C2=O)C(C)C)cc1. The van der Waals surface area contributed by atoms with Crippen LogP contribution in [0.5, 0.6) is 5.75 Å². The molecule has 4 aromatic rings. The number of para-hydroxylation sites is 3. The van der Waals surface area contributed by atoms with Crippen molar-refractivity contribution in [2.24, 2.45) is 5.92 Å². The lowest BCUT2D eigenvalue weighted by Crippen LogP contribution is -2.47. The Bertz CT molecular complexity index is 1660. The number of amides is 3. The van der Waals surface area contributed by atoms with E-state index in [2.05, 4.69) is 4.98 Å². The number of hydrogen-bond donors (Lipinski definition) is 1. The summed E-state index contributed by atoms with van der Waals surface area (Å²) in [5, 5.41) is 0. The van der Waals surface area contributed by atoms with E-state index in [4.69, 9.17) is 4.74 Å². The summed E-state index contributed by atoms with van der Waals surface area (Å²) >= 11 is 0. The molecule has 3 aromatic carbocycles. The van der Waals surface area contributed by atoms with Gasteiger partial charge in [0.05, 0.1) is 18.1 Å². The Hall–Kier alpha value is -5.12. The van der Waals surface area contributed by atoms with E-state index in [1.165, 1.54) is 26.8 Å². The summed E-state index contributed by atoms with van der Waals surface area (Å²) in [5.74, 6) is -2.00. The van der Waals surface area contributed by atoms with Crippen LogP contribution in [-0.4, -0.2) is 51.9 Å². The maximum atomic E-state index is 14.0. The van der Waals surface area contributed by atoms with Crippen molar-refractivity contribution >= 4 is 40.1 Å². The summed E-state index contributed by atoms with van der Waals surface area (Å²) < 4.78 is 6.63. The number of carbonyl (C=O) groups is 3. The summed E-state index contributed by atoms with van der Waals surface area (Å²) in [7, 11) is 1.57. The van der Waals surface area contributed by atoms with Gasteiger partial charge in [-0.15, -0.1) is 0 Å². The minimum absolute atomic E-state index is 0.192. The van der Waals surface area contributed by atoms with Gasteiger partial charge in [0.1, 0.15) is 18.2 Å². The van der Waals surface area contributed by atoms with Gasteiger partial charge in [0.15, 0.2) is 0 Å². The number of rotatable bonds is 8. The van der Waals surface area contributed by atoms with Crippen LogP contribution in [0.4, 0.5) is 11.4 Å². The van der Waals surface area contributed by atoms with Gasteiger partial charge in [-0.25, -0.2) is 4.79 Å². The average molecular weight is 554 g/mol. The molecule has 1 unspecified atom stereocenters. The fraction of sp³-hybridized carbons (Fsp3) is 0.226. The molecule has 0 saturated heterocycles. The van der Waals surface area contributed by atoms with Crippen molar-refractivity contribution in [1.29, 1.82) is 0 Å². The summed E-state index contributed by atoms with van der Waals surface area (Å²) in [4.78, 5) is 61.4. The molecule has 10 heteroatoms. The first kappa shape index (κ1) is 27.4. The van der Waals surface area contributed by atoms with Crippen molar-refractivity contribution < 1.29 is 19.1 Å². The number of H-pyrrole nitrogens is 1. The molecule has 1 aliphatic rings. The van der Waals surface area contributed by atoms with Crippen molar-refractivity contribution in [3.8, 4) is 5.75 Å². The Morgan fingerprint density at radius 1 is 0.902 bits per heavy atom. The molecule has 3 amide bonds. The molecule has 1 atom stereocenters. The number of fused-ring (bicyclic) bond motifs is 1. The number of carbonyl (C=O) groups excluding carboxylic acids is 3. The van der Waals surface area contributed by atoms with E-state index in [-0.39, 0.29) is 25.0 Å². The number of aromatic nitrogens is 2. The molecule has 1 N–H and O–H groups in total. The first-order valence-electron chi connectivity index (χ1n) is 13.3. The predicted octanol–water partition coefficient (Wildman–Crippen LogP) is 3.74. The van der Waals surface area contributed by atoms with Crippen LogP contribution < -0.4 is 20.2 Å². The quantitative estimate of drug-likeness (QED) is 0.335. The van der Waals surface area contributed by atoms with Gasteiger partial charge in [0.25, 0.3) is 0 Å². The molecule has 1 aromatic heterocycles. The molecule has 0 radical (unpaired) electrons.